The van der Waals surface area contributed by atoms with Gasteiger partial charge in [-0.15, -0.1) is 0 Å². The summed E-state index contributed by atoms with van der Waals surface area (Å²) in [6, 6.07) is 11.8. The third kappa shape index (κ3) is 7.31. The number of ether oxygens (including phenoxy) is 1. The van der Waals surface area contributed by atoms with Crippen molar-refractivity contribution >= 4 is 18.0 Å². The highest BCUT2D eigenvalue weighted by Crippen LogP contribution is 2.08. The van der Waals surface area contributed by atoms with E-state index in [0.29, 0.717) is 18.5 Å². The Morgan fingerprint density at radius 3 is 2.18 bits per heavy atom. The molecule has 1 amide bonds. The highest BCUT2D eigenvalue weighted by molar-refractivity contribution is 5.92. The van der Waals surface area contributed by atoms with Gasteiger partial charge in [-0.05, 0) is 54.8 Å². The second-order valence-electron chi connectivity index (χ2n) is 6.14. The Balaban J connectivity index is 2.02. The van der Waals surface area contributed by atoms with E-state index in [1.807, 2.05) is 0 Å². The van der Waals surface area contributed by atoms with E-state index < -0.39 is 0 Å². The maximum Gasteiger partial charge on any atom is 0.307 e. The molecule has 0 spiro atoms. The number of carbonyl (C=O) groups is 2. The minimum atomic E-state index is -0.371. The fourth-order valence-corrected chi connectivity index (χ4v) is 2.55. The molecule has 0 unspecified atom stereocenters. The van der Waals surface area contributed by atoms with Crippen molar-refractivity contribution in [1.29, 1.82) is 0 Å². The van der Waals surface area contributed by atoms with Crippen molar-refractivity contribution in [3.8, 4) is 0 Å². The van der Waals surface area contributed by atoms with Crippen LogP contribution in [-0.4, -0.2) is 36.5 Å². The van der Waals surface area contributed by atoms with Gasteiger partial charge in [-0.1, -0.05) is 24.3 Å². The Morgan fingerprint density at radius 1 is 0.964 bits per heavy atom. The fourth-order valence-electron chi connectivity index (χ4n) is 2.55. The van der Waals surface area contributed by atoms with Crippen LogP contribution in [0.25, 0.3) is 6.08 Å². The van der Waals surface area contributed by atoms with Crippen LogP contribution in [0.3, 0.4) is 0 Å². The first kappa shape index (κ1) is 21.3. The third-order valence-electron chi connectivity index (χ3n) is 4.07. The number of benzene rings is 2. The van der Waals surface area contributed by atoms with Crippen LogP contribution in [-0.2, 0) is 20.7 Å². The molecule has 2 aromatic rings. The summed E-state index contributed by atoms with van der Waals surface area (Å²) < 4.78 is 30.9. The lowest BCUT2D eigenvalue weighted by Gasteiger charge is -2.21. The van der Waals surface area contributed by atoms with Crippen LogP contribution in [0.4, 0.5) is 8.78 Å². The number of hydrogen-bond donors (Lipinski definition) is 0. The van der Waals surface area contributed by atoms with Crippen molar-refractivity contribution < 1.29 is 23.1 Å². The predicted octanol–water partition coefficient (Wildman–Crippen LogP) is 4.00. The molecular formula is C22H23F2NO3. The number of halogens is 2. The summed E-state index contributed by atoms with van der Waals surface area (Å²) in [6.07, 6.45) is 3.60. The Kier molecular flexibility index (Phi) is 8.34. The van der Waals surface area contributed by atoms with E-state index in [9.17, 15) is 18.4 Å². The van der Waals surface area contributed by atoms with Gasteiger partial charge in [0.2, 0.25) is 5.91 Å². The van der Waals surface area contributed by atoms with Crippen LogP contribution in [0.1, 0.15) is 24.5 Å². The van der Waals surface area contributed by atoms with Gasteiger partial charge in [0.1, 0.15) is 11.6 Å². The van der Waals surface area contributed by atoms with Crippen LogP contribution in [0.15, 0.2) is 54.6 Å². The second kappa shape index (κ2) is 11.0. The lowest BCUT2D eigenvalue weighted by molar-refractivity contribution is -0.143. The molecule has 0 atom stereocenters. The Morgan fingerprint density at radius 2 is 1.57 bits per heavy atom. The van der Waals surface area contributed by atoms with Gasteiger partial charge < -0.3 is 9.64 Å². The molecule has 148 valence electrons. The van der Waals surface area contributed by atoms with Gasteiger partial charge in [-0.2, -0.15) is 0 Å². The number of esters is 1. The lowest BCUT2D eigenvalue weighted by atomic mass is 10.1. The second-order valence-corrected chi connectivity index (χ2v) is 6.14. The molecular weight excluding hydrogens is 364 g/mol. The molecule has 28 heavy (non-hydrogen) atoms. The zero-order valence-electron chi connectivity index (χ0n) is 15.7. The summed E-state index contributed by atoms with van der Waals surface area (Å²) >= 11 is 0. The van der Waals surface area contributed by atoms with Gasteiger partial charge in [-0.25, -0.2) is 8.78 Å². The average Bonchev–Trinajstić information content (AvgIpc) is 2.69. The molecule has 0 aromatic heterocycles. The quantitative estimate of drug-likeness (QED) is 0.483. The lowest BCUT2D eigenvalue weighted by Crippen LogP contribution is -2.33. The smallest absolute Gasteiger partial charge is 0.307 e. The topological polar surface area (TPSA) is 46.6 Å². The van der Waals surface area contributed by atoms with Gasteiger partial charge in [-0.3, -0.25) is 9.59 Å². The van der Waals surface area contributed by atoms with Crippen LogP contribution >= 0.6 is 0 Å². The van der Waals surface area contributed by atoms with Crippen molar-refractivity contribution in [2.45, 2.75) is 19.8 Å². The SMILES string of the molecule is CCOC(=O)CCN(CCc1ccc(F)cc1)C(=O)/C=C/c1ccc(F)cc1. The van der Waals surface area contributed by atoms with Crippen molar-refractivity contribution in [1.82, 2.24) is 4.90 Å². The first-order valence-corrected chi connectivity index (χ1v) is 9.10. The minimum Gasteiger partial charge on any atom is -0.466 e. The Hall–Kier alpha value is -3.02. The first-order valence-electron chi connectivity index (χ1n) is 9.10. The number of amides is 1. The summed E-state index contributed by atoms with van der Waals surface area (Å²) in [4.78, 5) is 25.8. The van der Waals surface area contributed by atoms with Crippen molar-refractivity contribution in [2.24, 2.45) is 0 Å². The molecule has 0 saturated carbocycles. The van der Waals surface area contributed by atoms with E-state index >= 15 is 0 Å². The first-order chi connectivity index (χ1) is 13.5. The largest absolute Gasteiger partial charge is 0.466 e. The molecule has 0 aliphatic rings. The normalized spacial score (nSPS) is 10.8. The number of rotatable bonds is 9. The number of hydrogen-bond acceptors (Lipinski definition) is 3. The summed E-state index contributed by atoms with van der Waals surface area (Å²) in [6.45, 7) is 2.60. The number of carbonyl (C=O) groups excluding carboxylic acids is 2. The highest BCUT2D eigenvalue weighted by Gasteiger charge is 2.13. The van der Waals surface area contributed by atoms with E-state index in [0.717, 1.165) is 5.56 Å². The van der Waals surface area contributed by atoms with E-state index in [1.54, 1.807) is 42.2 Å². The van der Waals surface area contributed by atoms with E-state index in [-0.39, 0.29) is 43.1 Å². The van der Waals surface area contributed by atoms with Gasteiger partial charge >= 0.3 is 5.97 Å². The molecule has 0 aliphatic carbocycles. The molecule has 2 aromatic carbocycles. The number of nitrogens with zero attached hydrogens (tertiary/aromatic N) is 1. The summed E-state index contributed by atoms with van der Waals surface area (Å²) in [5, 5.41) is 0. The van der Waals surface area contributed by atoms with E-state index in [1.165, 1.54) is 30.3 Å². The standard InChI is InChI=1S/C22H23F2NO3/c1-2-28-22(27)14-16-25(15-13-18-5-10-20(24)11-6-18)21(26)12-7-17-3-8-19(23)9-4-17/h3-12H,2,13-16H2,1H3/b12-7+. The van der Waals surface area contributed by atoms with Crippen molar-refractivity contribution in [3.05, 3.63) is 77.4 Å². The third-order valence-corrected chi connectivity index (χ3v) is 4.07. The van der Waals surface area contributed by atoms with Gasteiger partial charge in [0, 0.05) is 19.2 Å². The summed E-state index contributed by atoms with van der Waals surface area (Å²) in [5.41, 5.74) is 1.58. The molecule has 6 heteroatoms. The van der Waals surface area contributed by atoms with Gasteiger partial charge in [0.15, 0.2) is 0 Å². The molecule has 0 saturated heterocycles. The van der Waals surface area contributed by atoms with Crippen LogP contribution in [0.5, 0.6) is 0 Å². The maximum atomic E-state index is 13.0. The molecule has 2 rings (SSSR count). The molecule has 0 N–H and O–H groups in total. The molecule has 0 fully saturated rings. The van der Waals surface area contributed by atoms with Crippen LogP contribution < -0.4 is 0 Å². The molecule has 0 aliphatic heterocycles. The zero-order valence-corrected chi connectivity index (χ0v) is 15.7. The Bertz CT molecular complexity index is 802. The van der Waals surface area contributed by atoms with Crippen molar-refractivity contribution in [3.63, 3.8) is 0 Å². The van der Waals surface area contributed by atoms with E-state index in [4.69, 9.17) is 4.74 Å². The highest BCUT2D eigenvalue weighted by atomic mass is 19.1. The molecule has 4 nitrogen and oxygen atoms in total. The summed E-state index contributed by atoms with van der Waals surface area (Å²) in [7, 11) is 0. The van der Waals surface area contributed by atoms with Crippen LogP contribution in [0.2, 0.25) is 0 Å². The molecule has 0 heterocycles. The van der Waals surface area contributed by atoms with Gasteiger partial charge in [0.05, 0.1) is 13.0 Å². The van der Waals surface area contributed by atoms with Crippen LogP contribution in [0, 0.1) is 11.6 Å². The summed E-state index contributed by atoms with van der Waals surface area (Å²) in [5.74, 6) is -1.31. The fraction of sp³-hybridized carbons (Fsp3) is 0.273. The monoisotopic (exact) mass is 387 g/mol. The predicted molar refractivity (Wildman–Crippen MR) is 103 cm³/mol. The zero-order chi connectivity index (χ0) is 20.4. The molecule has 0 bridgehead atoms. The van der Waals surface area contributed by atoms with E-state index in [2.05, 4.69) is 0 Å². The average molecular weight is 387 g/mol. The minimum absolute atomic E-state index is 0.0907. The Labute approximate surface area is 163 Å². The van der Waals surface area contributed by atoms with Gasteiger partial charge in [0.25, 0.3) is 0 Å². The molecule has 0 radical (unpaired) electrons. The van der Waals surface area contributed by atoms with Crippen molar-refractivity contribution in [2.75, 3.05) is 19.7 Å². The maximum absolute atomic E-state index is 13.0.